The highest BCUT2D eigenvalue weighted by atomic mass is 79.9. The minimum atomic E-state index is 0.524. The molecule has 1 rings (SSSR count). The lowest BCUT2D eigenvalue weighted by atomic mass is 10.1. The van der Waals surface area contributed by atoms with E-state index in [1.54, 1.807) is 0 Å². The van der Waals surface area contributed by atoms with Crippen molar-refractivity contribution in [2.45, 2.75) is 13.8 Å². The minimum Gasteiger partial charge on any atom is -0.492 e. The molecule has 0 aliphatic rings. The normalized spacial score (nSPS) is 11.7. The molecule has 1 aromatic carbocycles. The van der Waals surface area contributed by atoms with Crippen LogP contribution in [0.25, 0.3) is 6.08 Å². The van der Waals surface area contributed by atoms with Crippen LogP contribution in [-0.2, 0) is 0 Å². The van der Waals surface area contributed by atoms with Gasteiger partial charge in [-0.05, 0) is 41.9 Å². The third kappa shape index (κ3) is 3.79. The summed E-state index contributed by atoms with van der Waals surface area (Å²) in [5.74, 6) is 1.38. The van der Waals surface area contributed by atoms with E-state index in [4.69, 9.17) is 16.3 Å². The Morgan fingerprint density at radius 2 is 2.12 bits per heavy atom. The van der Waals surface area contributed by atoms with Gasteiger partial charge in [-0.25, -0.2) is 0 Å². The average molecular weight is 368 g/mol. The Bertz CT molecular complexity index is 402. The van der Waals surface area contributed by atoms with Crippen molar-refractivity contribution >= 4 is 49.5 Å². The van der Waals surface area contributed by atoms with Crippen LogP contribution in [0.2, 0.25) is 0 Å². The molecule has 0 unspecified atom stereocenters. The first-order valence-electron chi connectivity index (χ1n) is 4.93. The number of rotatable bonds is 4. The van der Waals surface area contributed by atoms with Crippen LogP contribution in [-0.4, -0.2) is 12.5 Å². The molecule has 0 saturated heterocycles. The fourth-order valence-corrected chi connectivity index (χ4v) is 2.74. The van der Waals surface area contributed by atoms with Crippen LogP contribution in [0.3, 0.4) is 0 Å². The molecular formula is C12H13Br2ClO. The van der Waals surface area contributed by atoms with Crippen molar-refractivity contribution in [2.75, 3.05) is 12.5 Å². The van der Waals surface area contributed by atoms with Crippen molar-refractivity contribution in [2.24, 2.45) is 0 Å². The van der Waals surface area contributed by atoms with E-state index < -0.39 is 0 Å². The highest BCUT2D eigenvalue weighted by Crippen LogP contribution is 2.34. The number of allylic oxidation sites excluding steroid dienone is 1. The fourth-order valence-electron chi connectivity index (χ4n) is 1.29. The smallest absolute Gasteiger partial charge is 0.140 e. The first-order valence-corrected chi connectivity index (χ1v) is 7.05. The Morgan fingerprint density at radius 3 is 2.69 bits per heavy atom. The van der Waals surface area contributed by atoms with Crippen LogP contribution in [0, 0.1) is 0 Å². The lowest BCUT2D eigenvalue weighted by molar-refractivity contribution is 0.337. The van der Waals surface area contributed by atoms with Crippen molar-refractivity contribution in [3.05, 3.63) is 32.2 Å². The van der Waals surface area contributed by atoms with Gasteiger partial charge in [-0.1, -0.05) is 27.6 Å². The number of hydrogen-bond acceptors (Lipinski definition) is 1. The summed E-state index contributed by atoms with van der Waals surface area (Å²) < 4.78 is 7.57. The second-order valence-corrected chi connectivity index (χ2v) is 5.40. The Labute approximate surface area is 118 Å². The van der Waals surface area contributed by atoms with Crippen molar-refractivity contribution in [1.29, 1.82) is 0 Å². The Kier molecular flexibility index (Phi) is 5.87. The van der Waals surface area contributed by atoms with Crippen LogP contribution in [0.15, 0.2) is 26.7 Å². The zero-order valence-corrected chi connectivity index (χ0v) is 13.1. The van der Waals surface area contributed by atoms with Gasteiger partial charge in [0.15, 0.2) is 0 Å². The molecule has 4 heteroatoms. The Morgan fingerprint density at radius 1 is 1.44 bits per heavy atom. The standard InChI is InChI=1S/C12H13Br2ClO/c1-3-16-12-9(4-8(2)7-15)5-10(13)6-11(12)14/h4-6H,3,7H2,1-2H3. The van der Waals surface area contributed by atoms with E-state index in [9.17, 15) is 0 Å². The zero-order chi connectivity index (χ0) is 12.1. The number of benzene rings is 1. The number of alkyl halides is 1. The van der Waals surface area contributed by atoms with Gasteiger partial charge in [0, 0.05) is 15.9 Å². The molecule has 0 aliphatic carbocycles. The predicted octanol–water partition coefficient (Wildman–Crippen LogP) is 5.25. The van der Waals surface area contributed by atoms with Crippen molar-refractivity contribution in [1.82, 2.24) is 0 Å². The van der Waals surface area contributed by atoms with Gasteiger partial charge in [0.25, 0.3) is 0 Å². The van der Waals surface area contributed by atoms with Crippen LogP contribution in [0.1, 0.15) is 19.4 Å². The van der Waals surface area contributed by atoms with Gasteiger partial charge in [0.1, 0.15) is 5.75 Å². The maximum Gasteiger partial charge on any atom is 0.140 e. The van der Waals surface area contributed by atoms with Gasteiger partial charge in [-0.3, -0.25) is 0 Å². The fraction of sp³-hybridized carbons (Fsp3) is 0.333. The second-order valence-electron chi connectivity index (χ2n) is 3.36. The van der Waals surface area contributed by atoms with Gasteiger partial charge in [-0.2, -0.15) is 0 Å². The molecule has 0 aliphatic heterocycles. The summed E-state index contributed by atoms with van der Waals surface area (Å²) in [6, 6.07) is 3.99. The average Bonchev–Trinajstić information content (AvgIpc) is 2.23. The third-order valence-electron chi connectivity index (χ3n) is 1.94. The second kappa shape index (κ2) is 6.67. The SMILES string of the molecule is CCOc1c(Br)cc(Br)cc1C=C(C)CCl. The number of hydrogen-bond donors (Lipinski definition) is 0. The van der Waals surface area contributed by atoms with Crippen LogP contribution in [0.4, 0.5) is 0 Å². The molecular weight excluding hydrogens is 355 g/mol. The highest BCUT2D eigenvalue weighted by Gasteiger charge is 2.08. The monoisotopic (exact) mass is 366 g/mol. The summed E-state index contributed by atoms with van der Waals surface area (Å²) in [5.41, 5.74) is 2.13. The topological polar surface area (TPSA) is 9.23 Å². The summed E-state index contributed by atoms with van der Waals surface area (Å²) in [6.07, 6.45) is 2.04. The van der Waals surface area contributed by atoms with Gasteiger partial charge < -0.3 is 4.74 Å². The van der Waals surface area contributed by atoms with Gasteiger partial charge >= 0.3 is 0 Å². The maximum absolute atomic E-state index is 5.78. The first-order chi connectivity index (χ1) is 7.58. The lowest BCUT2D eigenvalue weighted by Gasteiger charge is -2.11. The molecule has 88 valence electrons. The molecule has 0 bridgehead atoms. The van der Waals surface area contributed by atoms with Crippen LogP contribution in [0.5, 0.6) is 5.75 Å². The maximum atomic E-state index is 5.78. The van der Waals surface area contributed by atoms with Crippen molar-refractivity contribution in [3.8, 4) is 5.75 Å². The summed E-state index contributed by atoms with van der Waals surface area (Å²) in [7, 11) is 0. The first kappa shape index (κ1) is 14.1. The Hall–Kier alpha value is 0.01000. The van der Waals surface area contributed by atoms with Crippen LogP contribution >= 0.6 is 43.5 Å². The quantitative estimate of drug-likeness (QED) is 0.659. The molecule has 0 atom stereocenters. The molecule has 0 radical (unpaired) electrons. The van der Waals surface area contributed by atoms with E-state index in [-0.39, 0.29) is 0 Å². The summed E-state index contributed by atoms with van der Waals surface area (Å²) >= 11 is 12.7. The molecule has 1 aromatic rings. The number of ether oxygens (including phenoxy) is 1. The molecule has 0 saturated carbocycles. The van der Waals surface area contributed by atoms with E-state index in [1.165, 1.54) is 0 Å². The molecule has 0 N–H and O–H groups in total. The summed E-state index contributed by atoms with van der Waals surface area (Å²) in [4.78, 5) is 0. The largest absolute Gasteiger partial charge is 0.492 e. The van der Waals surface area contributed by atoms with Gasteiger partial charge in [0.2, 0.25) is 0 Å². The summed E-state index contributed by atoms with van der Waals surface area (Å²) in [6.45, 7) is 4.61. The minimum absolute atomic E-state index is 0.524. The Balaban J connectivity index is 3.23. The zero-order valence-electron chi connectivity index (χ0n) is 9.19. The van der Waals surface area contributed by atoms with E-state index in [2.05, 4.69) is 31.9 Å². The predicted molar refractivity (Wildman–Crippen MR) is 77.4 cm³/mol. The lowest BCUT2D eigenvalue weighted by Crippen LogP contribution is -1.95. The van der Waals surface area contributed by atoms with E-state index >= 15 is 0 Å². The number of halogens is 3. The van der Waals surface area contributed by atoms with Gasteiger partial charge in [0.05, 0.1) is 11.1 Å². The molecule has 16 heavy (non-hydrogen) atoms. The molecule has 0 spiro atoms. The van der Waals surface area contributed by atoms with Crippen molar-refractivity contribution < 1.29 is 4.74 Å². The van der Waals surface area contributed by atoms with E-state index in [0.717, 1.165) is 25.8 Å². The van der Waals surface area contributed by atoms with E-state index in [1.807, 2.05) is 32.1 Å². The van der Waals surface area contributed by atoms with E-state index in [0.29, 0.717) is 12.5 Å². The van der Waals surface area contributed by atoms with Crippen molar-refractivity contribution in [3.63, 3.8) is 0 Å². The third-order valence-corrected chi connectivity index (χ3v) is 3.41. The highest BCUT2D eigenvalue weighted by molar-refractivity contribution is 9.11. The molecule has 0 amide bonds. The molecule has 0 fully saturated rings. The molecule has 0 aromatic heterocycles. The molecule has 1 nitrogen and oxygen atoms in total. The van der Waals surface area contributed by atoms with Crippen LogP contribution < -0.4 is 4.74 Å². The van der Waals surface area contributed by atoms with Gasteiger partial charge in [-0.15, -0.1) is 11.6 Å². The molecule has 0 heterocycles. The summed E-state index contributed by atoms with van der Waals surface area (Å²) in [5, 5.41) is 0.